The van der Waals surface area contributed by atoms with Gasteiger partial charge in [-0.15, -0.1) is 0 Å². The SMILES string of the molecule is CS[C@@H](C)Cc1c(-c2ccccc2)ncn1Cc1cccc2[nH]ccc12. The maximum atomic E-state index is 4.78. The van der Waals surface area contributed by atoms with E-state index in [9.17, 15) is 0 Å². The number of hydrogen-bond acceptors (Lipinski definition) is 2. The molecule has 1 atom stereocenters. The van der Waals surface area contributed by atoms with Crippen LogP contribution >= 0.6 is 11.8 Å². The maximum absolute atomic E-state index is 4.78. The van der Waals surface area contributed by atoms with Crippen molar-refractivity contribution in [1.29, 1.82) is 0 Å². The fourth-order valence-electron chi connectivity index (χ4n) is 3.42. The van der Waals surface area contributed by atoms with Crippen LogP contribution in [-0.4, -0.2) is 26.0 Å². The molecule has 132 valence electrons. The van der Waals surface area contributed by atoms with E-state index in [-0.39, 0.29) is 0 Å². The highest BCUT2D eigenvalue weighted by Gasteiger charge is 2.16. The summed E-state index contributed by atoms with van der Waals surface area (Å²) >= 11 is 1.90. The largest absolute Gasteiger partial charge is 0.361 e. The van der Waals surface area contributed by atoms with E-state index in [1.807, 2.05) is 24.3 Å². The second kappa shape index (κ2) is 7.42. The third kappa shape index (κ3) is 3.29. The highest BCUT2D eigenvalue weighted by atomic mass is 32.2. The minimum atomic E-state index is 0.552. The molecule has 4 aromatic rings. The van der Waals surface area contributed by atoms with Gasteiger partial charge in [0.25, 0.3) is 0 Å². The maximum Gasteiger partial charge on any atom is 0.0959 e. The smallest absolute Gasteiger partial charge is 0.0959 e. The molecular formula is C22H23N3S. The summed E-state index contributed by atoms with van der Waals surface area (Å²) in [6, 6.07) is 19.1. The number of imidazole rings is 1. The molecule has 4 heteroatoms. The van der Waals surface area contributed by atoms with Gasteiger partial charge in [-0.1, -0.05) is 49.4 Å². The standard InChI is InChI=1S/C22H23N3S/c1-16(26-2)13-21-22(17-7-4-3-5-8-17)24-15-25(21)14-18-9-6-10-20-19(18)11-12-23-20/h3-12,15-16,23H,13-14H2,1-2H3/t16-/m0/s1. The summed E-state index contributed by atoms with van der Waals surface area (Å²) in [5.41, 5.74) is 6.11. The molecule has 0 radical (unpaired) electrons. The fourth-order valence-corrected chi connectivity index (χ4v) is 3.75. The number of H-pyrrole nitrogens is 1. The molecule has 0 aliphatic rings. The van der Waals surface area contributed by atoms with Crippen LogP contribution in [0.25, 0.3) is 22.2 Å². The summed E-state index contributed by atoms with van der Waals surface area (Å²) in [5, 5.41) is 1.84. The first-order valence-corrected chi connectivity index (χ1v) is 10.2. The van der Waals surface area contributed by atoms with Crippen LogP contribution in [0.3, 0.4) is 0 Å². The third-order valence-corrected chi connectivity index (χ3v) is 5.87. The molecule has 0 unspecified atom stereocenters. The highest BCUT2D eigenvalue weighted by molar-refractivity contribution is 7.99. The number of nitrogens with one attached hydrogen (secondary N) is 1. The van der Waals surface area contributed by atoms with Crippen LogP contribution in [-0.2, 0) is 13.0 Å². The van der Waals surface area contributed by atoms with Gasteiger partial charge in [-0.3, -0.25) is 0 Å². The van der Waals surface area contributed by atoms with Crippen LogP contribution in [0.4, 0.5) is 0 Å². The van der Waals surface area contributed by atoms with Gasteiger partial charge in [0.2, 0.25) is 0 Å². The lowest BCUT2D eigenvalue weighted by molar-refractivity contribution is 0.732. The lowest BCUT2D eigenvalue weighted by Crippen LogP contribution is -2.10. The Bertz CT molecular complexity index is 1000. The van der Waals surface area contributed by atoms with Crippen molar-refractivity contribution < 1.29 is 0 Å². The van der Waals surface area contributed by atoms with Crippen molar-refractivity contribution >= 4 is 22.7 Å². The van der Waals surface area contributed by atoms with E-state index < -0.39 is 0 Å². The molecule has 3 nitrogen and oxygen atoms in total. The second-order valence-electron chi connectivity index (χ2n) is 6.64. The molecule has 0 bridgehead atoms. The summed E-state index contributed by atoms with van der Waals surface area (Å²) < 4.78 is 2.32. The number of rotatable bonds is 6. The number of benzene rings is 2. The summed E-state index contributed by atoms with van der Waals surface area (Å²) in [7, 11) is 0. The summed E-state index contributed by atoms with van der Waals surface area (Å²) in [4.78, 5) is 8.09. The van der Waals surface area contributed by atoms with Crippen LogP contribution in [0.2, 0.25) is 0 Å². The summed E-state index contributed by atoms with van der Waals surface area (Å²) in [6.07, 6.45) is 7.19. The number of aromatic amines is 1. The minimum absolute atomic E-state index is 0.552. The number of nitrogens with zero attached hydrogens (tertiary/aromatic N) is 2. The van der Waals surface area contributed by atoms with E-state index in [0.717, 1.165) is 18.7 Å². The van der Waals surface area contributed by atoms with Gasteiger partial charge in [0.05, 0.1) is 12.0 Å². The lowest BCUT2D eigenvalue weighted by atomic mass is 10.1. The molecule has 2 aromatic heterocycles. The van der Waals surface area contributed by atoms with E-state index >= 15 is 0 Å². The zero-order valence-electron chi connectivity index (χ0n) is 15.1. The van der Waals surface area contributed by atoms with Gasteiger partial charge in [-0.05, 0) is 24.0 Å². The summed E-state index contributed by atoms with van der Waals surface area (Å²) in [6.45, 7) is 3.12. The monoisotopic (exact) mass is 361 g/mol. The van der Waals surface area contributed by atoms with Crippen molar-refractivity contribution in [3.8, 4) is 11.3 Å². The van der Waals surface area contributed by atoms with E-state index in [1.54, 1.807) is 0 Å². The zero-order valence-corrected chi connectivity index (χ0v) is 16.0. The van der Waals surface area contributed by atoms with Crippen molar-refractivity contribution in [1.82, 2.24) is 14.5 Å². The summed E-state index contributed by atoms with van der Waals surface area (Å²) in [5.74, 6) is 0. The fraction of sp³-hybridized carbons (Fsp3) is 0.227. The first kappa shape index (κ1) is 17.0. The average molecular weight is 362 g/mol. The van der Waals surface area contributed by atoms with Crippen molar-refractivity contribution in [2.24, 2.45) is 0 Å². The van der Waals surface area contributed by atoms with Gasteiger partial charge in [0.15, 0.2) is 0 Å². The molecule has 0 saturated heterocycles. The predicted molar refractivity (Wildman–Crippen MR) is 112 cm³/mol. The Morgan fingerprint density at radius 2 is 1.92 bits per heavy atom. The van der Waals surface area contributed by atoms with E-state index in [2.05, 4.69) is 77.3 Å². The Morgan fingerprint density at radius 1 is 1.08 bits per heavy atom. The molecule has 0 aliphatic heterocycles. The van der Waals surface area contributed by atoms with Crippen molar-refractivity contribution in [3.63, 3.8) is 0 Å². The zero-order chi connectivity index (χ0) is 17.9. The third-order valence-electron chi connectivity index (χ3n) is 4.90. The second-order valence-corrected chi connectivity index (χ2v) is 7.92. The molecule has 2 aromatic carbocycles. The van der Waals surface area contributed by atoms with Gasteiger partial charge in [0, 0.05) is 46.6 Å². The Morgan fingerprint density at radius 3 is 2.73 bits per heavy atom. The molecule has 2 heterocycles. The predicted octanol–water partition coefficient (Wildman–Crippen LogP) is 5.37. The number of fused-ring (bicyclic) bond motifs is 1. The average Bonchev–Trinajstić information content (AvgIpc) is 3.30. The molecule has 0 amide bonds. The first-order valence-electron chi connectivity index (χ1n) is 8.93. The van der Waals surface area contributed by atoms with Crippen molar-refractivity contribution in [2.45, 2.75) is 25.1 Å². The van der Waals surface area contributed by atoms with Crippen molar-refractivity contribution in [3.05, 3.63) is 78.4 Å². The van der Waals surface area contributed by atoms with Crippen molar-refractivity contribution in [2.75, 3.05) is 6.26 Å². The van der Waals surface area contributed by atoms with Gasteiger partial charge in [-0.2, -0.15) is 11.8 Å². The number of thioether (sulfide) groups is 1. The lowest BCUT2D eigenvalue weighted by Gasteiger charge is -2.14. The van der Waals surface area contributed by atoms with Crippen LogP contribution in [0.5, 0.6) is 0 Å². The molecule has 1 N–H and O–H groups in total. The van der Waals surface area contributed by atoms with Gasteiger partial charge < -0.3 is 9.55 Å². The molecule has 0 saturated carbocycles. The van der Waals surface area contributed by atoms with E-state index in [0.29, 0.717) is 5.25 Å². The van der Waals surface area contributed by atoms with Gasteiger partial charge in [0.1, 0.15) is 0 Å². The molecule has 0 spiro atoms. The normalized spacial score (nSPS) is 12.5. The van der Waals surface area contributed by atoms with Crippen LogP contribution in [0.15, 0.2) is 67.1 Å². The number of aromatic nitrogens is 3. The minimum Gasteiger partial charge on any atom is -0.361 e. The number of hydrogen-bond donors (Lipinski definition) is 1. The van der Waals surface area contributed by atoms with Gasteiger partial charge in [-0.25, -0.2) is 4.98 Å². The molecular weight excluding hydrogens is 338 g/mol. The Balaban J connectivity index is 1.76. The van der Waals surface area contributed by atoms with E-state index in [4.69, 9.17) is 4.98 Å². The Kier molecular flexibility index (Phi) is 4.85. The molecule has 0 aliphatic carbocycles. The Labute approximate surface area is 158 Å². The molecule has 0 fully saturated rings. The highest BCUT2D eigenvalue weighted by Crippen LogP contribution is 2.27. The quantitative estimate of drug-likeness (QED) is 0.501. The van der Waals surface area contributed by atoms with Crippen LogP contribution in [0.1, 0.15) is 18.2 Å². The van der Waals surface area contributed by atoms with Crippen LogP contribution < -0.4 is 0 Å². The molecule has 26 heavy (non-hydrogen) atoms. The topological polar surface area (TPSA) is 33.6 Å². The van der Waals surface area contributed by atoms with E-state index in [1.165, 1.54) is 27.7 Å². The van der Waals surface area contributed by atoms with Crippen LogP contribution in [0, 0.1) is 0 Å². The Hall–Kier alpha value is -2.46. The first-order chi connectivity index (χ1) is 12.8. The molecule has 4 rings (SSSR count). The van der Waals surface area contributed by atoms with Gasteiger partial charge >= 0.3 is 0 Å².